The van der Waals surface area contributed by atoms with Gasteiger partial charge in [-0.3, -0.25) is 0 Å². The summed E-state index contributed by atoms with van der Waals surface area (Å²) < 4.78 is 14.0. The molecule has 0 aliphatic rings. The van der Waals surface area contributed by atoms with E-state index in [1.165, 1.54) is 6.07 Å². The van der Waals surface area contributed by atoms with Crippen LogP contribution in [0, 0.1) is 16.3 Å². The van der Waals surface area contributed by atoms with Crippen LogP contribution in [-0.4, -0.2) is 7.05 Å². The first-order valence-electron chi connectivity index (χ1n) is 3.28. The lowest BCUT2D eigenvalue weighted by Crippen LogP contribution is -1.96. The summed E-state index contributed by atoms with van der Waals surface area (Å²) in [5.74, 6) is -0.183. The average Bonchev–Trinajstić information content (AvgIpc) is 1.85. The third kappa shape index (κ3) is 1.83. The highest BCUT2D eigenvalue weighted by Crippen LogP contribution is 2.22. The average molecular weight is 265 g/mol. The minimum atomic E-state index is -0.183. The molecule has 0 aliphatic heterocycles. The smallest absolute Gasteiger partial charge is 0.147 e. The molecule has 0 atom stereocenters. The van der Waals surface area contributed by atoms with Gasteiger partial charge in [-0.05, 0) is 47.2 Å². The number of rotatable bonds is 1. The Morgan fingerprint density at radius 3 is 2.55 bits per heavy atom. The molecular weight excluding hydrogens is 256 g/mol. The molecule has 1 rings (SSSR count). The largest absolute Gasteiger partial charge is 0.385 e. The molecule has 1 aromatic carbocycles. The monoisotopic (exact) mass is 265 g/mol. The van der Waals surface area contributed by atoms with E-state index < -0.39 is 0 Å². The maximum Gasteiger partial charge on any atom is 0.147 e. The summed E-state index contributed by atoms with van der Waals surface area (Å²) >= 11 is 2.11. The molecule has 1 N–H and O–H groups in total. The molecular formula is C8H9FIN. The third-order valence-corrected chi connectivity index (χ3v) is 2.29. The molecule has 11 heavy (non-hydrogen) atoms. The molecule has 0 spiro atoms. The van der Waals surface area contributed by atoms with Crippen LogP contribution in [0.15, 0.2) is 12.1 Å². The van der Waals surface area contributed by atoms with E-state index in [4.69, 9.17) is 0 Å². The Balaban J connectivity index is 3.25. The van der Waals surface area contributed by atoms with Crippen molar-refractivity contribution in [2.45, 2.75) is 6.92 Å². The quantitative estimate of drug-likeness (QED) is 0.770. The van der Waals surface area contributed by atoms with Gasteiger partial charge in [0.15, 0.2) is 0 Å². The Morgan fingerprint density at radius 1 is 1.45 bits per heavy atom. The minimum Gasteiger partial charge on any atom is -0.385 e. The van der Waals surface area contributed by atoms with Crippen LogP contribution < -0.4 is 5.32 Å². The van der Waals surface area contributed by atoms with Crippen molar-refractivity contribution in [3.8, 4) is 0 Å². The fourth-order valence-electron chi connectivity index (χ4n) is 0.939. The van der Waals surface area contributed by atoms with Crippen LogP contribution in [0.25, 0.3) is 0 Å². The maximum absolute atomic E-state index is 13.0. The van der Waals surface area contributed by atoms with Gasteiger partial charge in [-0.2, -0.15) is 0 Å². The van der Waals surface area contributed by atoms with E-state index in [2.05, 4.69) is 27.9 Å². The van der Waals surface area contributed by atoms with Gasteiger partial charge in [0, 0.05) is 10.6 Å². The number of hydrogen-bond acceptors (Lipinski definition) is 1. The zero-order chi connectivity index (χ0) is 8.43. The van der Waals surface area contributed by atoms with E-state index in [0.717, 1.165) is 9.13 Å². The predicted molar refractivity (Wildman–Crippen MR) is 53.4 cm³/mol. The molecule has 0 aliphatic carbocycles. The van der Waals surface area contributed by atoms with Crippen LogP contribution in [0.4, 0.5) is 10.1 Å². The van der Waals surface area contributed by atoms with E-state index in [0.29, 0.717) is 5.69 Å². The summed E-state index contributed by atoms with van der Waals surface area (Å²) in [6.45, 7) is 1.88. The molecule has 0 saturated heterocycles. The van der Waals surface area contributed by atoms with Crippen molar-refractivity contribution in [1.82, 2.24) is 0 Å². The van der Waals surface area contributed by atoms with Crippen LogP contribution >= 0.6 is 22.6 Å². The van der Waals surface area contributed by atoms with Gasteiger partial charge in [-0.1, -0.05) is 0 Å². The van der Waals surface area contributed by atoms with Crippen LogP contribution in [0.2, 0.25) is 0 Å². The Bertz CT molecular complexity index is 250. The van der Waals surface area contributed by atoms with Gasteiger partial charge in [0.25, 0.3) is 0 Å². The number of hydrogen-bond donors (Lipinski definition) is 1. The van der Waals surface area contributed by atoms with Crippen molar-refractivity contribution in [3.63, 3.8) is 0 Å². The van der Waals surface area contributed by atoms with Crippen molar-refractivity contribution in [2.75, 3.05) is 12.4 Å². The summed E-state index contributed by atoms with van der Waals surface area (Å²) in [6.07, 6.45) is 0. The van der Waals surface area contributed by atoms with Gasteiger partial charge in [-0.25, -0.2) is 4.39 Å². The number of benzene rings is 1. The van der Waals surface area contributed by atoms with Crippen LogP contribution in [0.1, 0.15) is 5.56 Å². The zero-order valence-electron chi connectivity index (χ0n) is 6.41. The van der Waals surface area contributed by atoms with Gasteiger partial charge < -0.3 is 5.32 Å². The number of anilines is 1. The Morgan fingerprint density at radius 2 is 2.09 bits per heavy atom. The van der Waals surface area contributed by atoms with Crippen molar-refractivity contribution >= 4 is 28.3 Å². The molecule has 0 fully saturated rings. The van der Waals surface area contributed by atoms with Crippen molar-refractivity contribution in [2.24, 2.45) is 0 Å². The number of aryl methyl sites for hydroxylation is 1. The summed E-state index contributed by atoms with van der Waals surface area (Å²) in [5.41, 5.74) is 1.53. The van der Waals surface area contributed by atoms with Crippen molar-refractivity contribution < 1.29 is 4.39 Å². The van der Waals surface area contributed by atoms with Crippen molar-refractivity contribution in [3.05, 3.63) is 27.1 Å². The highest BCUT2D eigenvalue weighted by atomic mass is 127. The summed E-state index contributed by atoms with van der Waals surface area (Å²) in [5, 5.41) is 2.81. The van der Waals surface area contributed by atoms with Crippen molar-refractivity contribution in [1.29, 1.82) is 0 Å². The predicted octanol–water partition coefficient (Wildman–Crippen LogP) is 2.78. The first kappa shape index (κ1) is 8.77. The Hall–Kier alpha value is -0.320. The Kier molecular flexibility index (Phi) is 2.70. The van der Waals surface area contributed by atoms with Crippen LogP contribution in [0.5, 0.6) is 0 Å². The Labute approximate surface area is 79.1 Å². The van der Waals surface area contributed by atoms with Gasteiger partial charge in [0.2, 0.25) is 0 Å². The lowest BCUT2D eigenvalue weighted by Gasteiger charge is -2.05. The standard InChI is InChI=1S/C8H9FIN/c1-5-3-6(9)8(11-2)7(10)4-5/h3-4,11H,1-2H3. The second-order valence-corrected chi connectivity index (χ2v) is 3.52. The fourth-order valence-corrected chi connectivity index (χ4v) is 1.96. The minimum absolute atomic E-state index is 0.183. The van der Waals surface area contributed by atoms with Crippen LogP contribution in [0.3, 0.4) is 0 Å². The second-order valence-electron chi connectivity index (χ2n) is 2.35. The summed E-state index contributed by atoms with van der Waals surface area (Å²) in [7, 11) is 1.72. The lowest BCUT2D eigenvalue weighted by molar-refractivity contribution is 0.629. The first-order valence-corrected chi connectivity index (χ1v) is 4.36. The molecule has 0 saturated carbocycles. The fraction of sp³-hybridized carbons (Fsp3) is 0.250. The molecule has 0 radical (unpaired) electrons. The van der Waals surface area contributed by atoms with Gasteiger partial charge in [-0.15, -0.1) is 0 Å². The van der Waals surface area contributed by atoms with E-state index in [9.17, 15) is 4.39 Å². The van der Waals surface area contributed by atoms with Crippen LogP contribution in [-0.2, 0) is 0 Å². The molecule has 0 amide bonds. The van der Waals surface area contributed by atoms with Gasteiger partial charge >= 0.3 is 0 Å². The molecule has 1 aromatic rings. The van der Waals surface area contributed by atoms with E-state index in [-0.39, 0.29) is 5.82 Å². The zero-order valence-corrected chi connectivity index (χ0v) is 8.57. The third-order valence-electron chi connectivity index (χ3n) is 1.44. The normalized spacial score (nSPS) is 9.82. The van der Waals surface area contributed by atoms with E-state index >= 15 is 0 Å². The summed E-state index contributed by atoms with van der Waals surface area (Å²) in [6, 6.07) is 3.46. The molecule has 0 heterocycles. The van der Waals surface area contributed by atoms with E-state index in [1.54, 1.807) is 7.05 Å². The van der Waals surface area contributed by atoms with Gasteiger partial charge in [0.1, 0.15) is 5.82 Å². The maximum atomic E-state index is 13.0. The lowest BCUT2D eigenvalue weighted by atomic mass is 10.2. The topological polar surface area (TPSA) is 12.0 Å². The summed E-state index contributed by atoms with van der Waals surface area (Å²) in [4.78, 5) is 0. The molecule has 60 valence electrons. The molecule has 0 bridgehead atoms. The first-order chi connectivity index (χ1) is 5.15. The van der Waals surface area contributed by atoms with E-state index in [1.807, 2.05) is 13.0 Å². The molecule has 0 unspecified atom stereocenters. The SMILES string of the molecule is CNc1c(F)cc(C)cc1I. The van der Waals surface area contributed by atoms with Gasteiger partial charge in [0.05, 0.1) is 5.69 Å². The number of nitrogens with one attached hydrogen (secondary N) is 1. The molecule has 3 heteroatoms. The number of halogens is 2. The highest BCUT2D eigenvalue weighted by Gasteiger charge is 2.04. The molecule has 0 aromatic heterocycles. The highest BCUT2D eigenvalue weighted by molar-refractivity contribution is 14.1. The molecule has 1 nitrogen and oxygen atoms in total. The second kappa shape index (κ2) is 3.38.